The van der Waals surface area contributed by atoms with Gasteiger partial charge in [-0.25, -0.2) is 10.9 Å². The molecular formula is C26H44BP. The Kier molecular flexibility index (Phi) is 10.5. The van der Waals surface area contributed by atoms with Crippen molar-refractivity contribution >= 4 is 24.3 Å². The standard InChI is InChI=1S/C22H32B.C4H12P/c1-5-7-17-23(18-8-6-2,21-13-9-19(3)10-14-21)22-15-11-20(4)12-16-22;1-5(2,3)4/h9-16H,5-8,17-18H2,1-4H3;1-4H3/q-1;+1. The minimum atomic E-state index is -0.640. The minimum Gasteiger partial charge on any atom is -0.205 e. The number of hydrogen-bond donors (Lipinski definition) is 0. The normalized spacial score (nSPS) is 11.7. The van der Waals surface area contributed by atoms with Gasteiger partial charge in [0, 0.05) is 33.9 Å². The van der Waals surface area contributed by atoms with E-state index in [0.29, 0.717) is 0 Å². The summed E-state index contributed by atoms with van der Waals surface area (Å²) >= 11 is 0. The summed E-state index contributed by atoms with van der Waals surface area (Å²) in [5.41, 5.74) is 5.82. The van der Waals surface area contributed by atoms with E-state index in [1.54, 1.807) is 10.9 Å². The molecule has 2 aromatic carbocycles. The molecular weight excluding hydrogens is 354 g/mol. The lowest BCUT2D eigenvalue weighted by Gasteiger charge is -2.42. The van der Waals surface area contributed by atoms with Gasteiger partial charge in [0.15, 0.2) is 0 Å². The molecule has 0 atom stereocenters. The predicted molar refractivity (Wildman–Crippen MR) is 137 cm³/mol. The van der Waals surface area contributed by atoms with Gasteiger partial charge in [-0.15, -0.1) is 0 Å². The quantitative estimate of drug-likeness (QED) is 0.332. The van der Waals surface area contributed by atoms with Gasteiger partial charge in [0.1, 0.15) is 0 Å². The minimum absolute atomic E-state index is 0.389. The van der Waals surface area contributed by atoms with Crippen LogP contribution >= 0.6 is 7.26 Å². The van der Waals surface area contributed by atoms with Crippen LogP contribution in [0.2, 0.25) is 12.6 Å². The molecule has 0 aliphatic rings. The third-order valence-corrected chi connectivity index (χ3v) is 5.53. The molecule has 0 aliphatic carbocycles. The Morgan fingerprint density at radius 3 is 1.14 bits per heavy atom. The summed E-state index contributed by atoms with van der Waals surface area (Å²) in [7, 11) is -0.389. The fraction of sp³-hybridized carbons (Fsp3) is 0.538. The number of unbranched alkanes of at least 4 members (excludes halogenated alkanes) is 2. The summed E-state index contributed by atoms with van der Waals surface area (Å²) in [6, 6.07) is 18.7. The summed E-state index contributed by atoms with van der Waals surface area (Å²) in [4.78, 5) is 0. The molecule has 156 valence electrons. The Morgan fingerprint density at radius 1 is 0.607 bits per heavy atom. The SMILES string of the molecule is CCCC[B-](CCCC)(c1ccc(C)cc1)c1ccc(C)cc1.C[P+](C)(C)C. The first-order valence-electron chi connectivity index (χ1n) is 11.2. The first-order valence-corrected chi connectivity index (χ1v) is 14.8. The number of benzene rings is 2. The van der Waals surface area contributed by atoms with E-state index in [0.717, 1.165) is 0 Å². The van der Waals surface area contributed by atoms with E-state index in [2.05, 4.69) is 103 Å². The predicted octanol–water partition coefficient (Wildman–Crippen LogP) is 6.99. The molecule has 0 unspecified atom stereocenters. The largest absolute Gasteiger partial charge is 0.205 e. The molecule has 0 saturated carbocycles. The van der Waals surface area contributed by atoms with Crippen molar-refractivity contribution in [3.8, 4) is 0 Å². The zero-order chi connectivity index (χ0) is 21.2. The summed E-state index contributed by atoms with van der Waals surface area (Å²) in [5, 5.41) is 0. The van der Waals surface area contributed by atoms with Crippen LogP contribution in [0.5, 0.6) is 0 Å². The molecule has 28 heavy (non-hydrogen) atoms. The van der Waals surface area contributed by atoms with Crippen LogP contribution in [0.1, 0.15) is 50.7 Å². The molecule has 0 N–H and O–H groups in total. The maximum absolute atomic E-state index is 2.39. The van der Waals surface area contributed by atoms with Gasteiger partial charge in [0.2, 0.25) is 0 Å². The molecule has 0 radical (unpaired) electrons. The number of rotatable bonds is 8. The summed E-state index contributed by atoms with van der Waals surface area (Å²) < 4.78 is 0. The first-order chi connectivity index (χ1) is 13.1. The van der Waals surface area contributed by atoms with Gasteiger partial charge < -0.3 is 0 Å². The van der Waals surface area contributed by atoms with Crippen LogP contribution < -0.4 is 10.9 Å². The van der Waals surface area contributed by atoms with Crippen molar-refractivity contribution in [3.63, 3.8) is 0 Å². The zero-order valence-electron chi connectivity index (χ0n) is 19.9. The highest BCUT2D eigenvalue weighted by Crippen LogP contribution is 2.40. The first kappa shape index (κ1) is 25.0. The van der Waals surface area contributed by atoms with Crippen LogP contribution in [0.15, 0.2) is 48.5 Å². The van der Waals surface area contributed by atoms with Gasteiger partial charge in [-0.1, -0.05) is 99.2 Å². The number of aryl methyl sites for hydroxylation is 2. The zero-order valence-corrected chi connectivity index (χ0v) is 20.8. The van der Waals surface area contributed by atoms with Crippen molar-refractivity contribution in [1.82, 2.24) is 0 Å². The molecule has 0 bridgehead atoms. The van der Waals surface area contributed by atoms with Crippen LogP contribution in [0.4, 0.5) is 0 Å². The molecule has 2 aromatic rings. The van der Waals surface area contributed by atoms with Gasteiger partial charge >= 0.3 is 0 Å². The van der Waals surface area contributed by atoms with Gasteiger partial charge in [0.05, 0.1) is 6.15 Å². The maximum atomic E-state index is 2.39. The van der Waals surface area contributed by atoms with Crippen LogP contribution in [0, 0.1) is 13.8 Å². The topological polar surface area (TPSA) is 0 Å². The van der Waals surface area contributed by atoms with E-state index < -0.39 is 6.15 Å². The average Bonchev–Trinajstić information content (AvgIpc) is 2.63. The van der Waals surface area contributed by atoms with Crippen LogP contribution in [-0.4, -0.2) is 32.8 Å². The molecule has 0 aliphatic heterocycles. The summed E-state index contributed by atoms with van der Waals surface area (Å²) in [6.07, 6.45) is 7.14. The van der Waals surface area contributed by atoms with E-state index in [1.807, 2.05) is 0 Å². The van der Waals surface area contributed by atoms with Crippen molar-refractivity contribution in [1.29, 1.82) is 0 Å². The molecule has 2 rings (SSSR count). The fourth-order valence-electron chi connectivity index (χ4n) is 3.98. The van der Waals surface area contributed by atoms with E-state index in [1.165, 1.54) is 49.5 Å². The van der Waals surface area contributed by atoms with E-state index >= 15 is 0 Å². The van der Waals surface area contributed by atoms with Crippen molar-refractivity contribution in [3.05, 3.63) is 59.7 Å². The lowest BCUT2D eigenvalue weighted by Crippen LogP contribution is -2.58. The Bertz CT molecular complexity index is 604. The highest BCUT2D eigenvalue weighted by molar-refractivity contribution is 7.73. The fourth-order valence-corrected chi connectivity index (χ4v) is 3.98. The second kappa shape index (κ2) is 11.8. The lowest BCUT2D eigenvalue weighted by atomic mass is 9.15. The second-order valence-corrected chi connectivity index (χ2v) is 15.4. The van der Waals surface area contributed by atoms with E-state index in [9.17, 15) is 0 Å². The average molecular weight is 398 g/mol. The highest BCUT2D eigenvalue weighted by atomic mass is 31.2. The Morgan fingerprint density at radius 2 is 0.893 bits per heavy atom. The van der Waals surface area contributed by atoms with Gasteiger partial charge in [-0.05, 0) is 13.8 Å². The third-order valence-electron chi connectivity index (χ3n) is 5.53. The smallest absolute Gasteiger partial charge is 0.0544 e. The lowest BCUT2D eigenvalue weighted by molar-refractivity contribution is 0.838. The van der Waals surface area contributed by atoms with Crippen LogP contribution in [0.25, 0.3) is 0 Å². The monoisotopic (exact) mass is 398 g/mol. The van der Waals surface area contributed by atoms with E-state index in [-0.39, 0.29) is 7.26 Å². The Labute approximate surface area is 176 Å². The summed E-state index contributed by atoms with van der Waals surface area (Å²) in [6.45, 7) is 18.2. The van der Waals surface area contributed by atoms with Crippen LogP contribution in [-0.2, 0) is 0 Å². The molecule has 0 fully saturated rings. The van der Waals surface area contributed by atoms with Crippen molar-refractivity contribution < 1.29 is 0 Å². The molecule has 0 saturated heterocycles. The van der Waals surface area contributed by atoms with Crippen molar-refractivity contribution in [2.24, 2.45) is 0 Å². The second-order valence-electron chi connectivity index (χ2n) is 10.0. The van der Waals surface area contributed by atoms with Gasteiger partial charge in [0.25, 0.3) is 0 Å². The molecule has 0 heterocycles. The van der Waals surface area contributed by atoms with Gasteiger partial charge in [-0.3, -0.25) is 0 Å². The van der Waals surface area contributed by atoms with E-state index in [4.69, 9.17) is 0 Å². The summed E-state index contributed by atoms with van der Waals surface area (Å²) in [5.74, 6) is 0. The molecule has 0 aromatic heterocycles. The number of hydrogen-bond acceptors (Lipinski definition) is 0. The highest BCUT2D eigenvalue weighted by Gasteiger charge is 2.26. The molecule has 2 heteroatoms. The van der Waals surface area contributed by atoms with Crippen LogP contribution in [0.3, 0.4) is 0 Å². The molecule has 0 amide bonds. The molecule has 0 nitrogen and oxygen atoms in total. The van der Waals surface area contributed by atoms with Crippen molar-refractivity contribution in [2.75, 3.05) is 26.7 Å². The Balaban J connectivity index is 0.000000696. The Hall–Kier alpha value is -1.07. The molecule has 0 spiro atoms. The third kappa shape index (κ3) is 8.52. The van der Waals surface area contributed by atoms with Crippen molar-refractivity contribution in [2.45, 2.75) is 66.0 Å². The maximum Gasteiger partial charge on any atom is 0.0544 e. The van der Waals surface area contributed by atoms with Gasteiger partial charge in [-0.2, -0.15) is 12.6 Å².